The zero-order valence-corrected chi connectivity index (χ0v) is 12.2. The Morgan fingerprint density at radius 3 is 2.39 bits per heavy atom. The number of aliphatic hydroxyl groups is 2. The van der Waals surface area contributed by atoms with Crippen LogP contribution in [-0.4, -0.2) is 22.4 Å². The average Bonchev–Trinajstić information content (AvgIpc) is 3.37. The Morgan fingerprint density at radius 2 is 1.57 bits per heavy atom. The van der Waals surface area contributed by atoms with Crippen molar-refractivity contribution in [3.63, 3.8) is 0 Å². The number of fused-ring (bicyclic) bond motifs is 4. The first-order valence-corrected chi connectivity index (χ1v) is 7.96. The van der Waals surface area contributed by atoms with E-state index < -0.39 is 12.2 Å². The normalized spacial score (nSPS) is 29.1. The lowest BCUT2D eigenvalue weighted by Gasteiger charge is -2.25. The van der Waals surface area contributed by atoms with Crippen LogP contribution in [0.3, 0.4) is 0 Å². The number of ether oxygens (including phenoxy) is 1. The van der Waals surface area contributed by atoms with Crippen LogP contribution in [0.4, 0.5) is 0 Å². The Balaban J connectivity index is 1.86. The lowest BCUT2D eigenvalue weighted by molar-refractivity contribution is 0.000163. The van der Waals surface area contributed by atoms with Crippen molar-refractivity contribution in [3.8, 4) is 0 Å². The first-order valence-electron chi connectivity index (χ1n) is 7.96. The highest BCUT2D eigenvalue weighted by Gasteiger charge is 2.54. The maximum absolute atomic E-state index is 10.5. The summed E-state index contributed by atoms with van der Waals surface area (Å²) in [5.74, 6) is 0. The quantitative estimate of drug-likeness (QED) is 0.386. The van der Waals surface area contributed by atoms with E-state index in [2.05, 4.69) is 42.5 Å². The number of hydrogen-bond acceptors (Lipinski definition) is 3. The fourth-order valence-corrected chi connectivity index (χ4v) is 4.40. The number of rotatable bonds is 0. The van der Waals surface area contributed by atoms with Gasteiger partial charge in [-0.25, -0.2) is 0 Å². The number of benzene rings is 4. The van der Waals surface area contributed by atoms with E-state index in [1.165, 1.54) is 21.5 Å². The maximum Gasteiger partial charge on any atom is 0.118 e. The molecule has 3 heteroatoms. The Morgan fingerprint density at radius 1 is 0.826 bits per heavy atom. The first kappa shape index (κ1) is 12.3. The molecule has 0 aromatic heterocycles. The van der Waals surface area contributed by atoms with Crippen molar-refractivity contribution in [1.29, 1.82) is 0 Å². The minimum Gasteiger partial charge on any atom is -0.387 e. The third-order valence-electron chi connectivity index (χ3n) is 5.51. The van der Waals surface area contributed by atoms with Gasteiger partial charge < -0.3 is 14.9 Å². The van der Waals surface area contributed by atoms with Gasteiger partial charge in [-0.1, -0.05) is 42.5 Å². The fraction of sp³-hybridized carbons (Fsp3) is 0.200. The smallest absolute Gasteiger partial charge is 0.118 e. The molecule has 1 saturated heterocycles. The van der Waals surface area contributed by atoms with E-state index in [9.17, 15) is 10.2 Å². The third-order valence-corrected chi connectivity index (χ3v) is 5.51. The summed E-state index contributed by atoms with van der Waals surface area (Å²) < 4.78 is 5.67. The fourth-order valence-electron chi connectivity index (χ4n) is 4.40. The third kappa shape index (κ3) is 1.36. The highest BCUT2D eigenvalue weighted by Crippen LogP contribution is 2.54. The molecular weight excluding hydrogens is 288 g/mol. The number of epoxide rings is 1. The van der Waals surface area contributed by atoms with Gasteiger partial charge in [-0.2, -0.15) is 0 Å². The minimum atomic E-state index is -0.879. The molecule has 3 nitrogen and oxygen atoms in total. The molecule has 0 radical (unpaired) electrons. The molecule has 0 spiro atoms. The van der Waals surface area contributed by atoms with Gasteiger partial charge in [-0.15, -0.1) is 0 Å². The van der Waals surface area contributed by atoms with Gasteiger partial charge in [0, 0.05) is 0 Å². The molecule has 6 rings (SSSR count). The van der Waals surface area contributed by atoms with E-state index in [1.807, 2.05) is 6.07 Å². The van der Waals surface area contributed by atoms with Crippen molar-refractivity contribution in [1.82, 2.24) is 0 Å². The van der Waals surface area contributed by atoms with Crippen LogP contribution in [0.5, 0.6) is 0 Å². The van der Waals surface area contributed by atoms with Crippen LogP contribution < -0.4 is 0 Å². The first-order chi connectivity index (χ1) is 11.2. The topological polar surface area (TPSA) is 53.0 Å². The van der Waals surface area contributed by atoms with Gasteiger partial charge in [0.25, 0.3) is 0 Å². The van der Waals surface area contributed by atoms with E-state index in [0.717, 1.165) is 21.9 Å². The summed E-state index contributed by atoms with van der Waals surface area (Å²) >= 11 is 0. The van der Waals surface area contributed by atoms with Crippen LogP contribution in [0.2, 0.25) is 0 Å². The van der Waals surface area contributed by atoms with Gasteiger partial charge >= 0.3 is 0 Å². The lowest BCUT2D eigenvalue weighted by atomic mass is 9.81. The molecule has 0 saturated carbocycles. The zero-order chi connectivity index (χ0) is 15.3. The van der Waals surface area contributed by atoms with Crippen molar-refractivity contribution < 1.29 is 14.9 Å². The molecule has 4 atom stereocenters. The van der Waals surface area contributed by atoms with E-state index in [0.29, 0.717) is 0 Å². The average molecular weight is 302 g/mol. The van der Waals surface area contributed by atoms with E-state index in [1.54, 1.807) is 0 Å². The summed E-state index contributed by atoms with van der Waals surface area (Å²) in [5, 5.41) is 27.8. The standard InChI is InChI=1S/C20H14O3/c21-17-13-8-11-5-4-9-2-1-3-10-6-7-12(15(11)14(9)10)16(13)19-20(23-19)18(17)22/h1-8,17-22H/t17-,18-,19-,20+/m0/s1. The summed E-state index contributed by atoms with van der Waals surface area (Å²) in [6, 6.07) is 16.9. The van der Waals surface area contributed by atoms with Gasteiger partial charge in [-0.05, 0) is 49.5 Å². The van der Waals surface area contributed by atoms with Gasteiger partial charge in [0.2, 0.25) is 0 Å². The summed E-state index contributed by atoms with van der Waals surface area (Å²) in [4.78, 5) is 0. The molecule has 112 valence electrons. The van der Waals surface area contributed by atoms with Gasteiger partial charge in [0.05, 0.1) is 0 Å². The maximum atomic E-state index is 10.5. The van der Waals surface area contributed by atoms with Crippen LogP contribution in [0.15, 0.2) is 48.5 Å². The summed E-state index contributed by atoms with van der Waals surface area (Å²) in [6.07, 6.45) is -2.07. The predicted octanol–water partition coefficient (Wildman–Crippen LogP) is 3.43. The minimum absolute atomic E-state index is 0.0898. The molecule has 23 heavy (non-hydrogen) atoms. The summed E-state index contributed by atoms with van der Waals surface area (Å²) in [6.45, 7) is 0. The van der Waals surface area contributed by atoms with Crippen molar-refractivity contribution >= 4 is 32.3 Å². The van der Waals surface area contributed by atoms with Gasteiger partial charge in [0.1, 0.15) is 24.4 Å². The molecular formula is C20H14O3. The highest BCUT2D eigenvalue weighted by atomic mass is 16.6. The van der Waals surface area contributed by atoms with Crippen LogP contribution >= 0.6 is 0 Å². The van der Waals surface area contributed by atoms with Crippen molar-refractivity contribution in [2.24, 2.45) is 0 Å². The van der Waals surface area contributed by atoms with Gasteiger partial charge in [0.15, 0.2) is 0 Å². The van der Waals surface area contributed by atoms with Crippen molar-refractivity contribution in [2.45, 2.75) is 24.4 Å². The van der Waals surface area contributed by atoms with Crippen LogP contribution in [-0.2, 0) is 4.74 Å². The molecule has 2 N–H and O–H groups in total. The number of aliphatic hydroxyl groups excluding tert-OH is 2. The van der Waals surface area contributed by atoms with Crippen molar-refractivity contribution in [2.75, 3.05) is 0 Å². The lowest BCUT2D eigenvalue weighted by Crippen LogP contribution is -2.29. The molecule has 1 heterocycles. The molecule has 0 unspecified atom stereocenters. The van der Waals surface area contributed by atoms with E-state index in [4.69, 9.17) is 4.74 Å². The van der Waals surface area contributed by atoms with E-state index in [-0.39, 0.29) is 12.2 Å². The Bertz CT molecular complexity index is 1080. The molecule has 0 amide bonds. The number of hydrogen-bond donors (Lipinski definition) is 2. The molecule has 1 aliphatic carbocycles. The Hall–Kier alpha value is -2.20. The monoisotopic (exact) mass is 302 g/mol. The zero-order valence-electron chi connectivity index (χ0n) is 12.2. The van der Waals surface area contributed by atoms with Crippen LogP contribution in [0, 0.1) is 0 Å². The molecule has 4 aromatic rings. The largest absolute Gasteiger partial charge is 0.387 e. The van der Waals surface area contributed by atoms with Crippen LogP contribution in [0.1, 0.15) is 23.3 Å². The van der Waals surface area contributed by atoms with E-state index >= 15 is 0 Å². The molecule has 2 aliphatic rings. The summed E-state index contributed by atoms with van der Waals surface area (Å²) in [7, 11) is 0. The van der Waals surface area contributed by atoms with Gasteiger partial charge in [-0.3, -0.25) is 0 Å². The second-order valence-corrected chi connectivity index (χ2v) is 6.69. The molecule has 1 aliphatic heterocycles. The Kier molecular flexibility index (Phi) is 2.03. The Labute approximate surface area is 132 Å². The molecule has 0 bridgehead atoms. The highest BCUT2D eigenvalue weighted by molar-refractivity contribution is 6.23. The van der Waals surface area contributed by atoms with Crippen molar-refractivity contribution in [3.05, 3.63) is 59.7 Å². The molecule has 4 aromatic carbocycles. The second-order valence-electron chi connectivity index (χ2n) is 6.69. The summed E-state index contributed by atoms with van der Waals surface area (Å²) in [5.41, 5.74) is 1.86. The predicted molar refractivity (Wildman–Crippen MR) is 88.7 cm³/mol. The second kappa shape index (κ2) is 3.82. The molecule has 1 fully saturated rings. The van der Waals surface area contributed by atoms with Crippen LogP contribution in [0.25, 0.3) is 32.3 Å². The SMILES string of the molecule is O[C@@H]1[C@H]2O[C@H]2c2c(cc3ccc4cccc5ccc2c3c45)[C@@H]1O.